The summed E-state index contributed by atoms with van der Waals surface area (Å²) in [5.41, 5.74) is 7.28. The van der Waals surface area contributed by atoms with E-state index in [9.17, 15) is 0 Å². The summed E-state index contributed by atoms with van der Waals surface area (Å²) in [5, 5.41) is 11.6. The number of rotatable bonds is 3. The van der Waals surface area contributed by atoms with Crippen molar-refractivity contribution in [3.05, 3.63) is 53.9 Å². The molecule has 0 saturated heterocycles. The van der Waals surface area contributed by atoms with Gasteiger partial charge in [0, 0.05) is 18.0 Å². The van der Waals surface area contributed by atoms with Gasteiger partial charge in [-0.1, -0.05) is 24.3 Å². The van der Waals surface area contributed by atoms with Crippen LogP contribution in [0, 0.1) is 5.41 Å². The van der Waals surface area contributed by atoms with Crippen molar-refractivity contribution in [2.45, 2.75) is 6.54 Å². The highest BCUT2D eigenvalue weighted by Crippen LogP contribution is 2.09. The molecule has 2 rings (SSSR count). The van der Waals surface area contributed by atoms with Crippen molar-refractivity contribution >= 4 is 18.2 Å². The number of nitrogens with two attached hydrogens (primary N) is 1. The lowest BCUT2D eigenvalue weighted by molar-refractivity contribution is 0.686. The molecule has 0 radical (unpaired) electrons. The summed E-state index contributed by atoms with van der Waals surface area (Å²) < 4.78 is 1.81. The summed E-state index contributed by atoms with van der Waals surface area (Å²) in [7, 11) is 0. The van der Waals surface area contributed by atoms with Crippen LogP contribution in [-0.4, -0.2) is 15.6 Å². The maximum atomic E-state index is 7.45. The van der Waals surface area contributed by atoms with Crippen LogP contribution in [0.15, 0.2) is 42.7 Å². The molecule has 0 aliphatic heterocycles. The van der Waals surface area contributed by atoms with E-state index in [-0.39, 0.29) is 18.2 Å². The first-order valence-corrected chi connectivity index (χ1v) is 4.67. The smallest absolute Gasteiger partial charge is 0.123 e. The van der Waals surface area contributed by atoms with E-state index in [2.05, 4.69) is 5.10 Å². The fourth-order valence-corrected chi connectivity index (χ4v) is 1.49. The highest BCUT2D eigenvalue weighted by molar-refractivity contribution is 5.96. The number of amidine groups is 1. The minimum absolute atomic E-state index is 0. The molecule has 0 aliphatic carbocycles. The lowest BCUT2D eigenvalue weighted by atomic mass is 10.1. The Morgan fingerprint density at radius 2 is 2.06 bits per heavy atom. The predicted octanol–water partition coefficient (Wildman–Crippen LogP) is 1.64. The van der Waals surface area contributed by atoms with Crippen LogP contribution in [0.3, 0.4) is 0 Å². The van der Waals surface area contributed by atoms with Crippen LogP contribution in [0.5, 0.6) is 0 Å². The molecular formula is C11H13ClN4. The summed E-state index contributed by atoms with van der Waals surface area (Å²) in [4.78, 5) is 0. The first-order valence-electron chi connectivity index (χ1n) is 4.67. The van der Waals surface area contributed by atoms with Gasteiger partial charge in [-0.3, -0.25) is 10.1 Å². The van der Waals surface area contributed by atoms with Crippen LogP contribution in [0.2, 0.25) is 0 Å². The summed E-state index contributed by atoms with van der Waals surface area (Å²) in [5.74, 6) is 0.0951. The topological polar surface area (TPSA) is 67.7 Å². The summed E-state index contributed by atoms with van der Waals surface area (Å²) >= 11 is 0. The van der Waals surface area contributed by atoms with Gasteiger partial charge >= 0.3 is 0 Å². The minimum atomic E-state index is 0. The van der Waals surface area contributed by atoms with E-state index < -0.39 is 0 Å². The molecule has 84 valence electrons. The van der Waals surface area contributed by atoms with Crippen molar-refractivity contribution in [3.8, 4) is 0 Å². The van der Waals surface area contributed by atoms with Crippen LogP contribution < -0.4 is 5.73 Å². The SMILES string of the molecule is Cl.N=C(N)c1ccccc1Cn1cccn1. The molecular weight excluding hydrogens is 224 g/mol. The van der Waals surface area contributed by atoms with Gasteiger partial charge < -0.3 is 5.73 Å². The average Bonchev–Trinajstić information content (AvgIpc) is 2.71. The number of benzene rings is 1. The molecule has 4 nitrogen and oxygen atoms in total. The monoisotopic (exact) mass is 236 g/mol. The molecule has 1 aromatic heterocycles. The first kappa shape index (κ1) is 12.3. The maximum Gasteiger partial charge on any atom is 0.123 e. The van der Waals surface area contributed by atoms with E-state index in [0.717, 1.165) is 11.1 Å². The molecule has 2 aromatic rings. The van der Waals surface area contributed by atoms with Gasteiger partial charge in [0.25, 0.3) is 0 Å². The standard InChI is InChI=1S/C11H12N4.ClH/c12-11(13)10-5-2-1-4-9(10)8-15-7-3-6-14-15;/h1-7H,8H2,(H3,12,13);1H. The number of aromatic nitrogens is 2. The summed E-state index contributed by atoms with van der Waals surface area (Å²) in [6.07, 6.45) is 3.62. The molecule has 0 aliphatic rings. The Hall–Kier alpha value is -1.81. The molecule has 16 heavy (non-hydrogen) atoms. The first-order chi connectivity index (χ1) is 7.27. The molecule has 0 amide bonds. The van der Waals surface area contributed by atoms with Crippen molar-refractivity contribution in [1.29, 1.82) is 5.41 Å². The highest BCUT2D eigenvalue weighted by Gasteiger charge is 2.04. The number of halogens is 1. The average molecular weight is 237 g/mol. The van der Waals surface area contributed by atoms with Crippen molar-refractivity contribution in [2.24, 2.45) is 5.73 Å². The zero-order valence-electron chi connectivity index (χ0n) is 8.63. The van der Waals surface area contributed by atoms with Crippen LogP contribution in [0.4, 0.5) is 0 Å². The zero-order valence-corrected chi connectivity index (χ0v) is 9.45. The molecule has 0 unspecified atom stereocenters. The van der Waals surface area contributed by atoms with Crippen molar-refractivity contribution in [3.63, 3.8) is 0 Å². The Morgan fingerprint density at radius 1 is 1.31 bits per heavy atom. The molecule has 1 heterocycles. The van der Waals surface area contributed by atoms with E-state index in [1.54, 1.807) is 6.20 Å². The number of nitrogen functional groups attached to an aromatic ring is 1. The molecule has 0 atom stereocenters. The van der Waals surface area contributed by atoms with Crippen LogP contribution in [0.1, 0.15) is 11.1 Å². The second-order valence-corrected chi connectivity index (χ2v) is 3.27. The number of hydrogen-bond donors (Lipinski definition) is 2. The molecule has 1 aromatic carbocycles. The maximum absolute atomic E-state index is 7.45. The van der Waals surface area contributed by atoms with Gasteiger partial charge in [-0.25, -0.2) is 0 Å². The van der Waals surface area contributed by atoms with Crippen LogP contribution >= 0.6 is 12.4 Å². The Kier molecular flexibility index (Phi) is 4.08. The van der Waals surface area contributed by atoms with Crippen LogP contribution in [-0.2, 0) is 6.54 Å². The lowest BCUT2D eigenvalue weighted by Crippen LogP contribution is -2.15. The Morgan fingerprint density at radius 3 is 2.69 bits per heavy atom. The predicted molar refractivity (Wildman–Crippen MR) is 66.0 cm³/mol. The molecule has 3 N–H and O–H groups in total. The van der Waals surface area contributed by atoms with Crippen molar-refractivity contribution in [1.82, 2.24) is 9.78 Å². The van der Waals surface area contributed by atoms with Gasteiger partial charge in [0.1, 0.15) is 5.84 Å². The van der Waals surface area contributed by atoms with E-state index in [1.807, 2.05) is 41.2 Å². The van der Waals surface area contributed by atoms with Gasteiger partial charge in [-0.2, -0.15) is 5.10 Å². The third-order valence-electron chi connectivity index (χ3n) is 2.20. The van der Waals surface area contributed by atoms with Gasteiger partial charge in [0.2, 0.25) is 0 Å². The minimum Gasteiger partial charge on any atom is -0.384 e. The molecule has 0 fully saturated rings. The van der Waals surface area contributed by atoms with Gasteiger partial charge in [-0.15, -0.1) is 12.4 Å². The zero-order chi connectivity index (χ0) is 10.7. The largest absolute Gasteiger partial charge is 0.384 e. The highest BCUT2D eigenvalue weighted by atomic mass is 35.5. The fraction of sp³-hybridized carbons (Fsp3) is 0.0909. The van der Waals surface area contributed by atoms with E-state index >= 15 is 0 Å². The number of nitrogens with one attached hydrogen (secondary N) is 1. The molecule has 0 saturated carbocycles. The third-order valence-corrected chi connectivity index (χ3v) is 2.20. The molecule has 0 spiro atoms. The van der Waals surface area contributed by atoms with E-state index in [1.165, 1.54) is 0 Å². The number of hydrogen-bond acceptors (Lipinski definition) is 2. The Balaban J connectivity index is 0.00000128. The summed E-state index contributed by atoms with van der Waals surface area (Å²) in [6, 6.07) is 9.49. The summed E-state index contributed by atoms with van der Waals surface area (Å²) in [6.45, 7) is 0.642. The fourth-order valence-electron chi connectivity index (χ4n) is 1.49. The van der Waals surface area contributed by atoms with Crippen molar-refractivity contribution in [2.75, 3.05) is 0 Å². The lowest BCUT2D eigenvalue weighted by Gasteiger charge is -2.07. The number of nitrogens with zero attached hydrogens (tertiary/aromatic N) is 2. The third kappa shape index (κ3) is 2.61. The van der Waals surface area contributed by atoms with Crippen molar-refractivity contribution < 1.29 is 0 Å². The van der Waals surface area contributed by atoms with Crippen LogP contribution in [0.25, 0.3) is 0 Å². The second-order valence-electron chi connectivity index (χ2n) is 3.27. The quantitative estimate of drug-likeness (QED) is 0.628. The van der Waals surface area contributed by atoms with E-state index in [0.29, 0.717) is 6.54 Å². The molecule has 5 heteroatoms. The normalized spacial score (nSPS) is 9.50. The van der Waals surface area contributed by atoms with E-state index in [4.69, 9.17) is 11.1 Å². The second kappa shape index (κ2) is 5.32. The van der Waals surface area contributed by atoms with Gasteiger partial charge in [0.05, 0.1) is 6.54 Å². The van der Waals surface area contributed by atoms with Gasteiger partial charge in [-0.05, 0) is 11.6 Å². The van der Waals surface area contributed by atoms with Gasteiger partial charge in [0.15, 0.2) is 0 Å². The Bertz CT molecular complexity index is 465. The Labute approximate surface area is 100 Å². The molecule has 0 bridgehead atoms.